The van der Waals surface area contributed by atoms with Crippen LogP contribution in [0.5, 0.6) is 0 Å². The van der Waals surface area contributed by atoms with Crippen molar-refractivity contribution in [2.24, 2.45) is 0 Å². The first-order valence-electron chi connectivity index (χ1n) is 6.60. The van der Waals surface area contributed by atoms with Crippen molar-refractivity contribution in [3.63, 3.8) is 0 Å². The summed E-state index contributed by atoms with van der Waals surface area (Å²) in [5, 5.41) is 0.258. The molecule has 0 N–H and O–H groups in total. The number of nitrogens with zero attached hydrogens (tertiary/aromatic N) is 1. The van der Waals surface area contributed by atoms with E-state index in [0.29, 0.717) is 23.3 Å². The lowest BCUT2D eigenvalue weighted by molar-refractivity contribution is 0.220. The van der Waals surface area contributed by atoms with Crippen molar-refractivity contribution in [2.75, 3.05) is 12.4 Å². The van der Waals surface area contributed by atoms with Gasteiger partial charge in [0.05, 0.1) is 10.0 Å². The minimum atomic E-state index is -3.72. The zero-order valence-electron chi connectivity index (χ0n) is 11.2. The predicted octanol–water partition coefficient (Wildman–Crippen LogP) is 4.93. The number of alkyl halides is 1. The summed E-state index contributed by atoms with van der Waals surface area (Å²) in [7, 11) is -3.72. The molecule has 0 aliphatic heterocycles. The molecule has 1 fully saturated rings. The molecule has 8 heteroatoms. The van der Waals surface area contributed by atoms with Gasteiger partial charge in [0.25, 0.3) is 0 Å². The van der Waals surface area contributed by atoms with Gasteiger partial charge < -0.3 is 0 Å². The third-order valence-electron chi connectivity index (χ3n) is 3.52. The summed E-state index contributed by atoms with van der Waals surface area (Å²) >= 11 is 21.2. The zero-order valence-corrected chi connectivity index (χ0v) is 15.8. The van der Waals surface area contributed by atoms with Gasteiger partial charge in [-0.2, -0.15) is 4.31 Å². The molecule has 0 spiro atoms. The number of hydrogen-bond acceptors (Lipinski definition) is 2. The Labute approximate surface area is 148 Å². The van der Waals surface area contributed by atoms with E-state index in [-0.39, 0.29) is 21.0 Å². The normalized spacial score (nSPS) is 16.2. The van der Waals surface area contributed by atoms with Gasteiger partial charge in [0.2, 0.25) is 10.0 Å². The Hall–Kier alpha value is 0.480. The fraction of sp³-hybridized carbons (Fsp3) is 0.538. The molecular weight excluding hydrogens is 420 g/mol. The molecule has 0 saturated heterocycles. The Morgan fingerprint density at radius 1 is 1.24 bits per heavy atom. The third-order valence-corrected chi connectivity index (χ3v) is 7.12. The lowest BCUT2D eigenvalue weighted by Crippen LogP contribution is -2.44. The van der Waals surface area contributed by atoms with E-state index in [4.69, 9.17) is 34.8 Å². The first-order valence-corrected chi connectivity index (χ1v) is 10.1. The molecule has 1 aromatic rings. The molecule has 1 aliphatic carbocycles. The molecule has 118 valence electrons. The van der Waals surface area contributed by atoms with Gasteiger partial charge in [0.1, 0.15) is 4.90 Å². The Kier molecular flexibility index (Phi) is 6.25. The SMILES string of the molecule is O=S(=O)(c1c(Cl)cc(Br)cc1Cl)N(CCCCl)C1CCC1. The lowest BCUT2D eigenvalue weighted by Gasteiger charge is -2.36. The maximum Gasteiger partial charge on any atom is 0.246 e. The molecule has 0 heterocycles. The van der Waals surface area contributed by atoms with Crippen LogP contribution in [-0.4, -0.2) is 31.2 Å². The first-order chi connectivity index (χ1) is 9.87. The Balaban J connectivity index is 2.42. The number of benzene rings is 1. The zero-order chi connectivity index (χ0) is 15.6. The summed E-state index contributed by atoms with van der Waals surface area (Å²) in [4.78, 5) is -0.0181. The van der Waals surface area contributed by atoms with Crippen LogP contribution in [0.3, 0.4) is 0 Å². The summed E-state index contributed by atoms with van der Waals surface area (Å²) in [5.41, 5.74) is 0. The fourth-order valence-corrected chi connectivity index (χ4v) is 6.01. The van der Waals surface area contributed by atoms with Crippen molar-refractivity contribution in [1.82, 2.24) is 4.31 Å². The fourth-order valence-electron chi connectivity index (χ4n) is 2.28. The van der Waals surface area contributed by atoms with Gasteiger partial charge in [-0.15, -0.1) is 11.6 Å². The van der Waals surface area contributed by atoms with Crippen molar-refractivity contribution in [3.8, 4) is 0 Å². The minimum Gasteiger partial charge on any atom is -0.207 e. The smallest absolute Gasteiger partial charge is 0.207 e. The maximum absolute atomic E-state index is 12.9. The van der Waals surface area contributed by atoms with Gasteiger partial charge in [-0.25, -0.2) is 8.42 Å². The molecule has 0 atom stereocenters. The highest BCUT2D eigenvalue weighted by atomic mass is 79.9. The van der Waals surface area contributed by atoms with Crippen molar-refractivity contribution in [1.29, 1.82) is 0 Å². The number of sulfonamides is 1. The molecular formula is C13H15BrCl3NO2S. The van der Waals surface area contributed by atoms with Crippen LogP contribution in [0, 0.1) is 0 Å². The van der Waals surface area contributed by atoms with Crippen LogP contribution in [-0.2, 0) is 10.0 Å². The summed E-state index contributed by atoms with van der Waals surface area (Å²) in [6.07, 6.45) is 3.38. The van der Waals surface area contributed by atoms with E-state index in [1.165, 1.54) is 4.31 Å². The molecule has 1 saturated carbocycles. The molecule has 0 amide bonds. The summed E-state index contributed by atoms with van der Waals surface area (Å²) in [5.74, 6) is 0.417. The number of halogens is 4. The van der Waals surface area contributed by atoms with Crippen molar-refractivity contribution in [3.05, 3.63) is 26.7 Å². The maximum atomic E-state index is 12.9. The van der Waals surface area contributed by atoms with E-state index in [2.05, 4.69) is 15.9 Å². The minimum absolute atomic E-state index is 0.0181. The lowest BCUT2D eigenvalue weighted by atomic mass is 9.93. The van der Waals surface area contributed by atoms with Crippen LogP contribution in [0.1, 0.15) is 25.7 Å². The molecule has 0 bridgehead atoms. The molecule has 0 aromatic heterocycles. The Morgan fingerprint density at radius 3 is 2.24 bits per heavy atom. The van der Waals surface area contributed by atoms with E-state index in [0.717, 1.165) is 19.3 Å². The summed E-state index contributed by atoms with van der Waals surface area (Å²) in [6, 6.07) is 3.11. The monoisotopic (exact) mass is 433 g/mol. The topological polar surface area (TPSA) is 37.4 Å². The average molecular weight is 436 g/mol. The second-order valence-corrected chi connectivity index (χ2v) is 8.88. The van der Waals surface area contributed by atoms with E-state index in [1.54, 1.807) is 12.1 Å². The average Bonchev–Trinajstić information content (AvgIpc) is 2.29. The Bertz CT molecular complexity index is 597. The van der Waals surface area contributed by atoms with Crippen LogP contribution >= 0.6 is 50.7 Å². The second kappa shape index (κ2) is 7.37. The van der Waals surface area contributed by atoms with Crippen molar-refractivity contribution < 1.29 is 8.42 Å². The van der Waals surface area contributed by atoms with Crippen LogP contribution in [0.2, 0.25) is 10.0 Å². The van der Waals surface area contributed by atoms with Crippen LogP contribution in [0.15, 0.2) is 21.5 Å². The van der Waals surface area contributed by atoms with Gasteiger partial charge in [-0.05, 0) is 31.4 Å². The highest BCUT2D eigenvalue weighted by Gasteiger charge is 2.36. The molecule has 1 aromatic carbocycles. The highest BCUT2D eigenvalue weighted by molar-refractivity contribution is 9.10. The number of hydrogen-bond donors (Lipinski definition) is 0. The standard InChI is InChI=1S/C13H15BrCl3NO2S/c14-9-7-11(16)13(12(17)8-9)21(19,20)18(6-2-5-15)10-3-1-4-10/h7-8,10H,1-6H2. The van der Waals surface area contributed by atoms with Gasteiger partial charge in [-0.3, -0.25) is 0 Å². The van der Waals surface area contributed by atoms with Crippen LogP contribution in [0.25, 0.3) is 0 Å². The van der Waals surface area contributed by atoms with Gasteiger partial charge in [-0.1, -0.05) is 45.6 Å². The molecule has 0 radical (unpaired) electrons. The van der Waals surface area contributed by atoms with Gasteiger partial charge >= 0.3 is 0 Å². The highest BCUT2D eigenvalue weighted by Crippen LogP contribution is 2.37. The van der Waals surface area contributed by atoms with Gasteiger partial charge in [0.15, 0.2) is 0 Å². The second-order valence-electron chi connectivity index (χ2n) is 4.94. The van der Waals surface area contributed by atoms with Gasteiger partial charge in [0, 0.05) is 22.9 Å². The summed E-state index contributed by atoms with van der Waals surface area (Å²) < 4.78 is 28.0. The predicted molar refractivity (Wildman–Crippen MR) is 91.0 cm³/mol. The number of rotatable bonds is 6. The van der Waals surface area contributed by atoms with Crippen molar-refractivity contribution in [2.45, 2.75) is 36.6 Å². The molecule has 3 nitrogen and oxygen atoms in total. The quantitative estimate of drug-likeness (QED) is 0.594. The van der Waals surface area contributed by atoms with E-state index >= 15 is 0 Å². The first kappa shape index (κ1) is 17.8. The largest absolute Gasteiger partial charge is 0.246 e. The molecule has 21 heavy (non-hydrogen) atoms. The Morgan fingerprint density at radius 2 is 1.81 bits per heavy atom. The van der Waals surface area contributed by atoms with E-state index in [9.17, 15) is 8.42 Å². The third kappa shape index (κ3) is 3.88. The molecule has 1 aliphatic rings. The van der Waals surface area contributed by atoms with E-state index in [1.807, 2.05) is 0 Å². The molecule has 0 unspecified atom stereocenters. The van der Waals surface area contributed by atoms with Crippen molar-refractivity contribution >= 4 is 60.8 Å². The molecule has 2 rings (SSSR count). The van der Waals surface area contributed by atoms with Crippen LogP contribution < -0.4 is 0 Å². The van der Waals surface area contributed by atoms with Crippen LogP contribution in [0.4, 0.5) is 0 Å². The van der Waals surface area contributed by atoms with E-state index < -0.39 is 10.0 Å². The summed E-state index contributed by atoms with van der Waals surface area (Å²) in [6.45, 7) is 0.388.